The van der Waals surface area contributed by atoms with Gasteiger partial charge in [-0.3, -0.25) is 0 Å². The predicted molar refractivity (Wildman–Crippen MR) is 74.8 cm³/mol. The summed E-state index contributed by atoms with van der Waals surface area (Å²) >= 11 is 0. The van der Waals surface area contributed by atoms with Crippen molar-refractivity contribution in [1.29, 1.82) is 0 Å². The van der Waals surface area contributed by atoms with Crippen LogP contribution in [0.1, 0.15) is 25.3 Å². The molecule has 0 bridgehead atoms. The summed E-state index contributed by atoms with van der Waals surface area (Å²) in [6.45, 7) is 4.43. The summed E-state index contributed by atoms with van der Waals surface area (Å²) in [5, 5.41) is 12.9. The van der Waals surface area contributed by atoms with Gasteiger partial charge in [-0.2, -0.15) is 0 Å². The molecule has 98 valence electrons. The van der Waals surface area contributed by atoms with Gasteiger partial charge in [-0.05, 0) is 40.1 Å². The van der Waals surface area contributed by atoms with E-state index < -0.39 is 0 Å². The van der Waals surface area contributed by atoms with Crippen LogP contribution in [0.5, 0.6) is 0 Å². The lowest BCUT2D eigenvalue weighted by atomic mass is 10.0. The Balaban J connectivity index is 2.25. The minimum absolute atomic E-state index is 0.497. The Hall–Kier alpha value is -2.17. The lowest BCUT2D eigenvalue weighted by Gasteiger charge is -2.04. The number of benzene rings is 1. The Morgan fingerprint density at radius 2 is 1.95 bits per heavy atom. The fraction of sp³-hybridized carbons (Fsp3) is 0.357. The number of rotatable bonds is 2. The molecule has 0 amide bonds. The van der Waals surface area contributed by atoms with E-state index in [1.807, 2.05) is 7.05 Å². The van der Waals surface area contributed by atoms with Crippen LogP contribution < -0.4 is 0 Å². The van der Waals surface area contributed by atoms with E-state index in [1.54, 1.807) is 4.68 Å². The molecular formula is C14H17N5. The molecule has 0 aliphatic rings. The second kappa shape index (κ2) is 4.19. The molecule has 0 saturated heterocycles. The summed E-state index contributed by atoms with van der Waals surface area (Å²) < 4.78 is 3.86. The number of hydrogen-bond donors (Lipinski definition) is 0. The quantitative estimate of drug-likeness (QED) is 0.707. The monoisotopic (exact) mass is 255 g/mol. The Morgan fingerprint density at radius 3 is 2.58 bits per heavy atom. The molecule has 3 rings (SSSR count). The number of hydrogen-bond acceptors (Lipinski definition) is 3. The first kappa shape index (κ1) is 11.9. The van der Waals surface area contributed by atoms with Gasteiger partial charge in [-0.15, -0.1) is 5.10 Å². The summed E-state index contributed by atoms with van der Waals surface area (Å²) in [6, 6.07) is 6.37. The zero-order chi connectivity index (χ0) is 13.6. The maximum Gasteiger partial charge on any atom is 0.181 e. The Kier molecular flexibility index (Phi) is 2.62. The van der Waals surface area contributed by atoms with E-state index in [-0.39, 0.29) is 0 Å². The van der Waals surface area contributed by atoms with Crippen molar-refractivity contribution in [1.82, 2.24) is 24.8 Å². The molecule has 19 heavy (non-hydrogen) atoms. The highest BCUT2D eigenvalue weighted by Crippen LogP contribution is 2.30. The summed E-state index contributed by atoms with van der Waals surface area (Å²) in [5.74, 6) is 1.29. The van der Waals surface area contributed by atoms with Crippen molar-refractivity contribution in [3.8, 4) is 11.4 Å². The van der Waals surface area contributed by atoms with Crippen LogP contribution in [0, 0.1) is 0 Å². The topological polar surface area (TPSA) is 48.5 Å². The summed E-state index contributed by atoms with van der Waals surface area (Å²) in [6.07, 6.45) is 2.20. The SMILES string of the molecule is CC(C)c1cn(C)c2ccc(-c3nnnn3C)cc12. The van der Waals surface area contributed by atoms with Crippen molar-refractivity contribution < 1.29 is 0 Å². The Morgan fingerprint density at radius 1 is 1.16 bits per heavy atom. The summed E-state index contributed by atoms with van der Waals surface area (Å²) in [5.41, 5.74) is 3.64. The summed E-state index contributed by atoms with van der Waals surface area (Å²) in [7, 11) is 3.94. The molecule has 0 fully saturated rings. The minimum atomic E-state index is 0.497. The van der Waals surface area contributed by atoms with Gasteiger partial charge in [0.1, 0.15) is 0 Å². The van der Waals surface area contributed by atoms with Gasteiger partial charge in [0.15, 0.2) is 5.82 Å². The van der Waals surface area contributed by atoms with E-state index in [0.29, 0.717) is 5.92 Å². The molecule has 3 aromatic rings. The number of nitrogens with zero attached hydrogens (tertiary/aromatic N) is 5. The summed E-state index contributed by atoms with van der Waals surface area (Å²) in [4.78, 5) is 0. The van der Waals surface area contributed by atoms with Gasteiger partial charge >= 0.3 is 0 Å². The van der Waals surface area contributed by atoms with Crippen molar-refractivity contribution in [3.05, 3.63) is 30.0 Å². The van der Waals surface area contributed by atoms with Gasteiger partial charge in [0.05, 0.1) is 0 Å². The number of tetrazole rings is 1. The zero-order valence-electron chi connectivity index (χ0n) is 11.6. The molecule has 2 aromatic heterocycles. The molecule has 0 aliphatic heterocycles. The van der Waals surface area contributed by atoms with E-state index in [0.717, 1.165) is 11.4 Å². The molecule has 5 heteroatoms. The van der Waals surface area contributed by atoms with Gasteiger partial charge in [0.2, 0.25) is 0 Å². The first-order chi connectivity index (χ1) is 9.08. The Bertz CT molecular complexity index is 735. The lowest BCUT2D eigenvalue weighted by Crippen LogP contribution is -1.94. The highest BCUT2D eigenvalue weighted by atomic mass is 15.5. The third-order valence-corrected chi connectivity index (χ3v) is 3.52. The van der Waals surface area contributed by atoms with E-state index in [1.165, 1.54) is 16.5 Å². The van der Waals surface area contributed by atoms with Gasteiger partial charge < -0.3 is 4.57 Å². The smallest absolute Gasteiger partial charge is 0.181 e. The van der Waals surface area contributed by atoms with Crippen LogP contribution in [0.2, 0.25) is 0 Å². The van der Waals surface area contributed by atoms with E-state index in [4.69, 9.17) is 0 Å². The average molecular weight is 255 g/mol. The Labute approximate surface area is 111 Å². The van der Waals surface area contributed by atoms with Crippen molar-refractivity contribution in [2.24, 2.45) is 14.1 Å². The van der Waals surface area contributed by atoms with Crippen LogP contribution >= 0.6 is 0 Å². The van der Waals surface area contributed by atoms with Gasteiger partial charge in [0.25, 0.3) is 0 Å². The second-order valence-corrected chi connectivity index (χ2v) is 5.21. The largest absolute Gasteiger partial charge is 0.350 e. The van der Waals surface area contributed by atoms with Crippen molar-refractivity contribution in [3.63, 3.8) is 0 Å². The normalized spacial score (nSPS) is 11.6. The molecule has 0 aliphatic carbocycles. The van der Waals surface area contributed by atoms with Crippen LogP contribution in [0.15, 0.2) is 24.4 Å². The van der Waals surface area contributed by atoms with Crippen LogP contribution in [0.3, 0.4) is 0 Å². The predicted octanol–water partition coefficient (Wildman–Crippen LogP) is 2.49. The first-order valence-electron chi connectivity index (χ1n) is 6.39. The average Bonchev–Trinajstić information content (AvgIpc) is 2.93. The molecule has 0 unspecified atom stereocenters. The molecule has 1 aromatic carbocycles. The van der Waals surface area contributed by atoms with Gasteiger partial charge in [0, 0.05) is 36.8 Å². The first-order valence-corrected chi connectivity index (χ1v) is 6.39. The van der Waals surface area contributed by atoms with Crippen LogP contribution in [-0.4, -0.2) is 24.8 Å². The van der Waals surface area contributed by atoms with Crippen molar-refractivity contribution in [2.45, 2.75) is 19.8 Å². The van der Waals surface area contributed by atoms with Crippen LogP contribution in [0.25, 0.3) is 22.3 Å². The number of fused-ring (bicyclic) bond motifs is 1. The molecule has 0 spiro atoms. The third-order valence-electron chi connectivity index (χ3n) is 3.52. The lowest BCUT2D eigenvalue weighted by molar-refractivity contribution is 0.715. The number of aromatic nitrogens is 5. The van der Waals surface area contributed by atoms with E-state index in [2.05, 4.69) is 65.4 Å². The third kappa shape index (κ3) is 1.82. The standard InChI is InChI=1S/C14H17N5/c1-9(2)12-8-18(3)13-6-5-10(7-11(12)13)14-15-16-17-19(14)4/h5-9H,1-4H3. The van der Waals surface area contributed by atoms with Crippen LogP contribution in [-0.2, 0) is 14.1 Å². The highest BCUT2D eigenvalue weighted by Gasteiger charge is 2.12. The highest BCUT2D eigenvalue weighted by molar-refractivity contribution is 5.88. The molecule has 0 N–H and O–H groups in total. The van der Waals surface area contributed by atoms with Gasteiger partial charge in [-0.25, -0.2) is 4.68 Å². The number of aryl methyl sites for hydroxylation is 2. The van der Waals surface area contributed by atoms with Gasteiger partial charge in [-0.1, -0.05) is 13.8 Å². The fourth-order valence-electron chi connectivity index (χ4n) is 2.50. The van der Waals surface area contributed by atoms with E-state index in [9.17, 15) is 0 Å². The van der Waals surface area contributed by atoms with Crippen molar-refractivity contribution >= 4 is 10.9 Å². The molecule has 2 heterocycles. The molecule has 0 saturated carbocycles. The molecule has 0 radical (unpaired) electrons. The van der Waals surface area contributed by atoms with E-state index >= 15 is 0 Å². The second-order valence-electron chi connectivity index (χ2n) is 5.21. The van der Waals surface area contributed by atoms with Crippen molar-refractivity contribution in [2.75, 3.05) is 0 Å². The molecule has 0 atom stereocenters. The molecule has 5 nitrogen and oxygen atoms in total. The maximum atomic E-state index is 4.07. The maximum absolute atomic E-state index is 4.07. The zero-order valence-corrected chi connectivity index (χ0v) is 11.6. The minimum Gasteiger partial charge on any atom is -0.350 e. The van der Waals surface area contributed by atoms with Crippen LogP contribution in [0.4, 0.5) is 0 Å². The molecular weight excluding hydrogens is 238 g/mol. The fourth-order valence-corrected chi connectivity index (χ4v) is 2.50.